The van der Waals surface area contributed by atoms with Crippen molar-refractivity contribution in [2.75, 3.05) is 6.54 Å². The van der Waals surface area contributed by atoms with Gasteiger partial charge < -0.3 is 11.1 Å². The molecule has 0 aliphatic heterocycles. The van der Waals surface area contributed by atoms with Gasteiger partial charge in [0.25, 0.3) is 0 Å². The fourth-order valence-corrected chi connectivity index (χ4v) is 3.33. The Bertz CT molecular complexity index is 183. The topological polar surface area (TPSA) is 38.0 Å². The van der Waals surface area contributed by atoms with Gasteiger partial charge in [-0.2, -0.15) is 0 Å². The van der Waals surface area contributed by atoms with Crippen LogP contribution in [-0.2, 0) is 0 Å². The molecule has 16 heavy (non-hydrogen) atoms. The third kappa shape index (κ3) is 4.06. The maximum atomic E-state index is 6.03. The van der Waals surface area contributed by atoms with E-state index in [1.54, 1.807) is 0 Å². The van der Waals surface area contributed by atoms with Gasteiger partial charge in [0.05, 0.1) is 0 Å². The quantitative estimate of drug-likeness (QED) is 0.723. The monoisotopic (exact) mass is 224 g/mol. The molecule has 2 atom stereocenters. The van der Waals surface area contributed by atoms with E-state index in [1.807, 2.05) is 0 Å². The molecule has 2 unspecified atom stereocenters. The Balaban J connectivity index is 1.65. The summed E-state index contributed by atoms with van der Waals surface area (Å²) >= 11 is 0. The molecule has 0 heterocycles. The highest BCUT2D eigenvalue weighted by Crippen LogP contribution is 2.23. The summed E-state index contributed by atoms with van der Waals surface area (Å²) in [6.45, 7) is 1.22. The molecule has 2 aliphatic carbocycles. The number of hydrogen-bond acceptors (Lipinski definition) is 2. The van der Waals surface area contributed by atoms with Crippen LogP contribution in [0.4, 0.5) is 0 Å². The van der Waals surface area contributed by atoms with E-state index < -0.39 is 0 Å². The van der Waals surface area contributed by atoms with E-state index in [9.17, 15) is 0 Å². The first-order valence-electron chi connectivity index (χ1n) is 7.33. The average Bonchev–Trinajstić information content (AvgIpc) is 2.55. The lowest BCUT2D eigenvalue weighted by atomic mass is 9.86. The molecule has 0 spiro atoms. The summed E-state index contributed by atoms with van der Waals surface area (Å²) < 4.78 is 0. The average molecular weight is 224 g/mol. The molecule has 2 heteroatoms. The van der Waals surface area contributed by atoms with Crippen LogP contribution in [0.2, 0.25) is 0 Å². The van der Waals surface area contributed by atoms with Crippen molar-refractivity contribution >= 4 is 0 Å². The first-order valence-corrected chi connectivity index (χ1v) is 7.33. The molecule has 0 aromatic carbocycles. The van der Waals surface area contributed by atoms with Crippen LogP contribution in [0, 0.1) is 5.92 Å². The Morgan fingerprint density at radius 1 is 0.875 bits per heavy atom. The van der Waals surface area contributed by atoms with Crippen LogP contribution in [0.5, 0.6) is 0 Å². The van der Waals surface area contributed by atoms with Gasteiger partial charge >= 0.3 is 0 Å². The second-order valence-corrected chi connectivity index (χ2v) is 5.89. The molecule has 2 rings (SSSR count). The van der Waals surface area contributed by atoms with Gasteiger partial charge in [-0.15, -0.1) is 0 Å². The van der Waals surface area contributed by atoms with Crippen LogP contribution in [0.1, 0.15) is 64.2 Å². The van der Waals surface area contributed by atoms with Crippen molar-refractivity contribution in [3.8, 4) is 0 Å². The minimum atomic E-state index is 0.481. The molecule has 2 aliphatic rings. The van der Waals surface area contributed by atoms with Gasteiger partial charge in [-0.25, -0.2) is 0 Å². The maximum Gasteiger partial charge on any atom is 0.00671 e. The van der Waals surface area contributed by atoms with Gasteiger partial charge in [-0.3, -0.25) is 0 Å². The van der Waals surface area contributed by atoms with Crippen molar-refractivity contribution in [2.45, 2.75) is 76.3 Å². The fraction of sp³-hybridized carbons (Fsp3) is 1.00. The number of nitrogens with one attached hydrogen (secondary N) is 1. The van der Waals surface area contributed by atoms with E-state index in [-0.39, 0.29) is 0 Å². The molecule has 2 nitrogen and oxygen atoms in total. The first kappa shape index (κ1) is 12.4. The van der Waals surface area contributed by atoms with Gasteiger partial charge in [0, 0.05) is 12.1 Å². The molecular weight excluding hydrogens is 196 g/mol. The molecule has 0 radical (unpaired) electrons. The van der Waals surface area contributed by atoms with E-state index in [0.29, 0.717) is 6.04 Å². The molecule has 0 bridgehead atoms. The number of rotatable bonds is 3. The van der Waals surface area contributed by atoms with Crippen LogP contribution in [0.3, 0.4) is 0 Å². The van der Waals surface area contributed by atoms with E-state index in [1.165, 1.54) is 70.8 Å². The summed E-state index contributed by atoms with van der Waals surface area (Å²) in [5.74, 6) is 0.854. The second kappa shape index (κ2) is 6.61. The van der Waals surface area contributed by atoms with Gasteiger partial charge in [0.15, 0.2) is 0 Å². The van der Waals surface area contributed by atoms with Crippen molar-refractivity contribution < 1.29 is 0 Å². The lowest BCUT2D eigenvalue weighted by molar-refractivity contribution is 0.294. The summed E-state index contributed by atoms with van der Waals surface area (Å²) in [5, 5.41) is 3.80. The fourth-order valence-electron chi connectivity index (χ4n) is 3.33. The summed E-state index contributed by atoms with van der Waals surface area (Å²) in [7, 11) is 0. The van der Waals surface area contributed by atoms with Crippen LogP contribution < -0.4 is 11.1 Å². The van der Waals surface area contributed by atoms with Crippen LogP contribution in [0.15, 0.2) is 0 Å². The zero-order chi connectivity index (χ0) is 11.2. The van der Waals surface area contributed by atoms with E-state index in [4.69, 9.17) is 5.73 Å². The highest BCUT2D eigenvalue weighted by molar-refractivity contribution is 4.79. The minimum absolute atomic E-state index is 0.481. The highest BCUT2D eigenvalue weighted by atomic mass is 14.9. The van der Waals surface area contributed by atoms with E-state index in [2.05, 4.69) is 5.32 Å². The summed E-state index contributed by atoms with van der Waals surface area (Å²) in [6.07, 6.45) is 13.8. The molecule has 3 N–H and O–H groups in total. The smallest absolute Gasteiger partial charge is 0.00671 e. The SMILES string of the molecule is NC1CCCC(CNC2CCCCCC2)C1. The molecule has 2 saturated carbocycles. The zero-order valence-electron chi connectivity index (χ0n) is 10.6. The number of hydrogen-bond donors (Lipinski definition) is 2. The minimum Gasteiger partial charge on any atom is -0.328 e. The van der Waals surface area contributed by atoms with Crippen molar-refractivity contribution in [1.82, 2.24) is 5.32 Å². The van der Waals surface area contributed by atoms with E-state index in [0.717, 1.165) is 12.0 Å². The number of nitrogens with two attached hydrogens (primary N) is 1. The van der Waals surface area contributed by atoms with E-state index >= 15 is 0 Å². The van der Waals surface area contributed by atoms with Crippen molar-refractivity contribution in [3.63, 3.8) is 0 Å². The van der Waals surface area contributed by atoms with Gasteiger partial charge in [-0.1, -0.05) is 32.1 Å². The standard InChI is InChI=1S/C14H28N2/c15-13-7-5-6-12(10-13)11-16-14-8-3-1-2-4-9-14/h12-14,16H,1-11,15H2. The lowest BCUT2D eigenvalue weighted by Gasteiger charge is -2.28. The Morgan fingerprint density at radius 2 is 1.62 bits per heavy atom. The molecule has 94 valence electrons. The second-order valence-electron chi connectivity index (χ2n) is 5.89. The Kier molecular flexibility index (Phi) is 5.11. The highest BCUT2D eigenvalue weighted by Gasteiger charge is 2.20. The molecule has 2 fully saturated rings. The predicted octanol–water partition coefficient (Wildman–Crippen LogP) is 2.82. The third-order valence-corrected chi connectivity index (χ3v) is 4.37. The predicted molar refractivity (Wildman–Crippen MR) is 69.4 cm³/mol. The van der Waals surface area contributed by atoms with Gasteiger partial charge in [0.2, 0.25) is 0 Å². The molecule has 0 amide bonds. The van der Waals surface area contributed by atoms with Crippen molar-refractivity contribution in [1.29, 1.82) is 0 Å². The van der Waals surface area contributed by atoms with Crippen LogP contribution in [0.25, 0.3) is 0 Å². The van der Waals surface area contributed by atoms with Gasteiger partial charge in [-0.05, 0) is 44.6 Å². The molecule has 0 aromatic heterocycles. The molecular formula is C14H28N2. The zero-order valence-corrected chi connectivity index (χ0v) is 10.6. The normalized spacial score (nSPS) is 33.6. The summed E-state index contributed by atoms with van der Waals surface area (Å²) in [6, 6.07) is 1.29. The van der Waals surface area contributed by atoms with Gasteiger partial charge in [0.1, 0.15) is 0 Å². The maximum absolute atomic E-state index is 6.03. The summed E-state index contributed by atoms with van der Waals surface area (Å²) in [5.41, 5.74) is 6.03. The molecule has 0 aromatic rings. The van der Waals surface area contributed by atoms with Crippen molar-refractivity contribution in [2.24, 2.45) is 11.7 Å². The Labute approximate surface area is 100 Å². The summed E-state index contributed by atoms with van der Waals surface area (Å²) in [4.78, 5) is 0. The van der Waals surface area contributed by atoms with Crippen molar-refractivity contribution in [3.05, 3.63) is 0 Å². The lowest BCUT2D eigenvalue weighted by Crippen LogP contribution is -2.37. The Hall–Kier alpha value is -0.0800. The molecule has 0 saturated heterocycles. The first-order chi connectivity index (χ1) is 7.84. The largest absolute Gasteiger partial charge is 0.328 e. The van der Waals surface area contributed by atoms with Crippen LogP contribution in [-0.4, -0.2) is 18.6 Å². The third-order valence-electron chi connectivity index (χ3n) is 4.37. The van der Waals surface area contributed by atoms with Crippen LogP contribution >= 0.6 is 0 Å². The Morgan fingerprint density at radius 3 is 2.31 bits per heavy atom.